The number of nitrogens with zero attached hydrogens (tertiary/aromatic N) is 3. The summed E-state index contributed by atoms with van der Waals surface area (Å²) in [4.78, 5) is 10.1. The zero-order valence-corrected chi connectivity index (χ0v) is 19.9. The summed E-state index contributed by atoms with van der Waals surface area (Å²) in [6.07, 6.45) is 3.34. The summed E-state index contributed by atoms with van der Waals surface area (Å²) >= 11 is 1.72. The van der Waals surface area contributed by atoms with Crippen molar-refractivity contribution in [1.29, 1.82) is 0 Å². The van der Waals surface area contributed by atoms with Crippen molar-refractivity contribution in [1.82, 2.24) is 14.7 Å². The topological polar surface area (TPSA) is 50.2 Å². The van der Waals surface area contributed by atoms with E-state index in [9.17, 15) is 10.2 Å². The van der Waals surface area contributed by atoms with Crippen LogP contribution in [0.2, 0.25) is 0 Å². The van der Waals surface area contributed by atoms with Crippen molar-refractivity contribution in [3.63, 3.8) is 0 Å². The van der Waals surface area contributed by atoms with Crippen molar-refractivity contribution in [3.8, 4) is 11.8 Å². The molecule has 2 fully saturated rings. The van der Waals surface area contributed by atoms with Gasteiger partial charge in [-0.1, -0.05) is 11.8 Å². The second-order valence-corrected chi connectivity index (χ2v) is 10.7. The molecule has 0 unspecified atom stereocenters. The van der Waals surface area contributed by atoms with Gasteiger partial charge in [-0.3, -0.25) is 9.80 Å². The third-order valence-electron chi connectivity index (χ3n) is 6.31. The van der Waals surface area contributed by atoms with Crippen molar-refractivity contribution in [2.24, 2.45) is 0 Å². The highest BCUT2D eigenvalue weighted by Gasteiger charge is 2.33. The second kappa shape index (κ2) is 10.6. The normalized spacial score (nSPS) is 23.0. The number of hydrogen-bond donors (Lipinski definition) is 2. The van der Waals surface area contributed by atoms with Gasteiger partial charge in [0.05, 0.1) is 4.88 Å². The van der Waals surface area contributed by atoms with Crippen LogP contribution in [0, 0.1) is 11.8 Å². The molecule has 1 aromatic heterocycles. The highest BCUT2D eigenvalue weighted by molar-refractivity contribution is 7.12. The van der Waals surface area contributed by atoms with Crippen LogP contribution in [0.25, 0.3) is 0 Å². The molecular weight excluding hydrogens is 394 g/mol. The van der Waals surface area contributed by atoms with Gasteiger partial charge in [-0.15, -0.1) is 11.3 Å². The number of piperazine rings is 1. The Balaban J connectivity index is 1.56. The van der Waals surface area contributed by atoms with Gasteiger partial charge in [-0.2, -0.15) is 0 Å². The number of rotatable bonds is 6. The maximum atomic E-state index is 9.80. The van der Waals surface area contributed by atoms with E-state index >= 15 is 0 Å². The van der Waals surface area contributed by atoms with Crippen LogP contribution >= 0.6 is 11.3 Å². The molecule has 0 spiro atoms. The Morgan fingerprint density at radius 2 is 1.90 bits per heavy atom. The third-order valence-corrected chi connectivity index (χ3v) is 7.29. The minimum Gasteiger partial charge on any atom is -0.396 e. The van der Waals surface area contributed by atoms with Crippen molar-refractivity contribution >= 4 is 11.3 Å². The summed E-state index contributed by atoms with van der Waals surface area (Å²) < 4.78 is 0. The Morgan fingerprint density at radius 3 is 2.53 bits per heavy atom. The molecule has 2 N–H and O–H groups in total. The maximum Gasteiger partial charge on any atom is 0.120 e. The predicted octanol–water partition coefficient (Wildman–Crippen LogP) is 2.61. The molecule has 2 aliphatic heterocycles. The molecule has 2 aliphatic rings. The first-order valence-electron chi connectivity index (χ1n) is 11.4. The van der Waals surface area contributed by atoms with Crippen LogP contribution in [-0.2, 0) is 6.54 Å². The predicted molar refractivity (Wildman–Crippen MR) is 125 cm³/mol. The van der Waals surface area contributed by atoms with E-state index in [-0.39, 0.29) is 6.61 Å². The molecule has 3 heterocycles. The molecule has 0 radical (unpaired) electrons. The molecule has 5 nitrogen and oxygen atoms in total. The average Bonchev–Trinajstić information content (AvgIpc) is 3.14. The van der Waals surface area contributed by atoms with E-state index in [1.165, 1.54) is 30.8 Å². The van der Waals surface area contributed by atoms with Crippen LogP contribution < -0.4 is 0 Å². The van der Waals surface area contributed by atoms with Gasteiger partial charge in [0.25, 0.3) is 0 Å². The Bertz CT molecular complexity index is 723. The quantitative estimate of drug-likeness (QED) is 0.676. The number of hydrogen-bond acceptors (Lipinski definition) is 6. The molecular formula is C24H39N3O2S. The van der Waals surface area contributed by atoms with E-state index in [1.54, 1.807) is 25.2 Å². The Hall–Kier alpha value is -0.940. The van der Waals surface area contributed by atoms with E-state index in [2.05, 4.69) is 52.5 Å². The first kappa shape index (κ1) is 23.7. The molecule has 0 aliphatic carbocycles. The SMILES string of the molecule is CC(C)N1CCC(N2CCN(Cc3ccc(C#CC(C)(C)O)s3)C[C@@H]2CCO)CC1. The Kier molecular flexibility index (Phi) is 8.37. The van der Waals surface area contributed by atoms with Gasteiger partial charge in [-0.25, -0.2) is 0 Å². The van der Waals surface area contributed by atoms with Gasteiger partial charge in [-0.05, 0) is 72.2 Å². The highest BCUT2D eigenvalue weighted by atomic mass is 32.1. The summed E-state index contributed by atoms with van der Waals surface area (Å²) in [5, 5.41) is 19.5. The molecule has 1 atom stereocenters. The summed E-state index contributed by atoms with van der Waals surface area (Å²) in [5.74, 6) is 5.98. The van der Waals surface area contributed by atoms with Gasteiger partial charge in [0.2, 0.25) is 0 Å². The first-order chi connectivity index (χ1) is 14.2. The monoisotopic (exact) mass is 433 g/mol. The number of likely N-dealkylation sites (tertiary alicyclic amines) is 1. The molecule has 0 aromatic carbocycles. The lowest BCUT2D eigenvalue weighted by molar-refractivity contribution is 0.000231. The van der Waals surface area contributed by atoms with Gasteiger partial charge in [0, 0.05) is 55.8 Å². The number of piperidine rings is 1. The maximum absolute atomic E-state index is 9.80. The molecule has 0 amide bonds. The van der Waals surface area contributed by atoms with Gasteiger partial charge in [0.15, 0.2) is 0 Å². The lowest BCUT2D eigenvalue weighted by Crippen LogP contribution is -2.58. The van der Waals surface area contributed by atoms with Gasteiger partial charge < -0.3 is 15.1 Å². The smallest absolute Gasteiger partial charge is 0.120 e. The Morgan fingerprint density at radius 1 is 1.17 bits per heavy atom. The third kappa shape index (κ3) is 6.78. The van der Waals surface area contributed by atoms with E-state index in [1.807, 2.05) is 0 Å². The number of aliphatic hydroxyl groups excluding tert-OH is 1. The number of thiophene rings is 1. The van der Waals surface area contributed by atoms with Crippen LogP contribution in [0.5, 0.6) is 0 Å². The van der Waals surface area contributed by atoms with Crippen molar-refractivity contribution in [2.45, 2.75) is 77.2 Å². The molecule has 3 rings (SSSR count). The van der Waals surface area contributed by atoms with Crippen LogP contribution in [0.3, 0.4) is 0 Å². The van der Waals surface area contributed by atoms with E-state index in [4.69, 9.17) is 0 Å². The van der Waals surface area contributed by atoms with Crippen LogP contribution in [0.1, 0.15) is 56.7 Å². The summed E-state index contributed by atoms with van der Waals surface area (Å²) in [6.45, 7) is 14.8. The molecule has 1 aromatic rings. The molecule has 2 saturated heterocycles. The molecule has 0 saturated carbocycles. The van der Waals surface area contributed by atoms with Crippen LogP contribution in [0.15, 0.2) is 12.1 Å². The van der Waals surface area contributed by atoms with Crippen LogP contribution in [0.4, 0.5) is 0 Å². The van der Waals surface area contributed by atoms with Gasteiger partial charge in [0.1, 0.15) is 5.60 Å². The standard InChI is InChI=1S/C24H39N3O2S/c1-19(2)26-12-8-20(9-13-26)27-15-14-25(17-21(27)10-16-28)18-23-6-5-22(30-23)7-11-24(3,4)29/h5-6,19-21,28-29H,8-10,12-18H2,1-4H3/t21-/m0/s1. The Labute approximate surface area is 186 Å². The van der Waals surface area contributed by atoms with Crippen molar-refractivity contribution in [2.75, 3.05) is 39.3 Å². The molecule has 0 bridgehead atoms. The first-order valence-corrected chi connectivity index (χ1v) is 12.2. The second-order valence-electron chi connectivity index (χ2n) is 9.57. The lowest BCUT2D eigenvalue weighted by atomic mass is 9.97. The van der Waals surface area contributed by atoms with E-state index in [0.29, 0.717) is 18.1 Å². The fourth-order valence-corrected chi connectivity index (χ4v) is 5.57. The number of aliphatic hydroxyl groups is 2. The summed E-state index contributed by atoms with van der Waals surface area (Å²) in [7, 11) is 0. The highest BCUT2D eigenvalue weighted by Crippen LogP contribution is 2.26. The zero-order chi connectivity index (χ0) is 21.7. The fraction of sp³-hybridized carbons (Fsp3) is 0.750. The minimum atomic E-state index is -0.955. The average molecular weight is 434 g/mol. The van der Waals surface area contributed by atoms with Gasteiger partial charge >= 0.3 is 0 Å². The molecule has 168 valence electrons. The van der Waals surface area contributed by atoms with Crippen molar-refractivity contribution < 1.29 is 10.2 Å². The lowest BCUT2D eigenvalue weighted by Gasteiger charge is -2.48. The van der Waals surface area contributed by atoms with E-state index in [0.717, 1.165) is 37.5 Å². The van der Waals surface area contributed by atoms with Crippen molar-refractivity contribution in [3.05, 3.63) is 21.9 Å². The summed E-state index contributed by atoms with van der Waals surface area (Å²) in [6, 6.07) is 5.95. The molecule has 30 heavy (non-hydrogen) atoms. The molecule has 6 heteroatoms. The zero-order valence-electron chi connectivity index (χ0n) is 19.1. The largest absolute Gasteiger partial charge is 0.396 e. The van der Waals surface area contributed by atoms with E-state index < -0.39 is 5.60 Å². The fourth-order valence-electron chi connectivity index (χ4n) is 4.66. The summed E-state index contributed by atoms with van der Waals surface area (Å²) in [5.41, 5.74) is -0.955. The van der Waals surface area contributed by atoms with Crippen LogP contribution in [-0.4, -0.2) is 88.0 Å². The minimum absolute atomic E-state index is 0.259.